The number of aliphatic imine (C=N–C) groups is 1. The Morgan fingerprint density at radius 2 is 2.08 bits per heavy atom. The van der Waals surface area contributed by atoms with Crippen molar-refractivity contribution in [2.24, 2.45) is 4.99 Å². The number of benzene rings is 2. The van der Waals surface area contributed by atoms with Crippen LogP contribution in [0.1, 0.15) is 29.0 Å². The molecule has 1 atom stereocenters. The maximum absolute atomic E-state index is 6.29. The summed E-state index contributed by atoms with van der Waals surface area (Å²) in [6, 6.07) is 14.6. The van der Waals surface area contributed by atoms with Crippen molar-refractivity contribution < 1.29 is 4.74 Å². The van der Waals surface area contributed by atoms with Crippen LogP contribution in [0.3, 0.4) is 0 Å². The summed E-state index contributed by atoms with van der Waals surface area (Å²) in [6.07, 6.45) is 2.17. The van der Waals surface area contributed by atoms with E-state index in [0.717, 1.165) is 43.2 Å². The molecule has 2 aliphatic rings. The smallest absolute Gasteiger partial charge is 0.119 e. The Kier molecular flexibility index (Phi) is 4.19. The Balaban J connectivity index is 1.92. The van der Waals surface area contributed by atoms with Crippen molar-refractivity contribution in [3.8, 4) is 5.75 Å². The largest absolute Gasteiger partial charge is 0.497 e. The lowest BCUT2D eigenvalue weighted by molar-refractivity contribution is 0.393. The third-order valence-corrected chi connectivity index (χ3v) is 5.17. The summed E-state index contributed by atoms with van der Waals surface area (Å²) >= 11 is 6.29. The molecular weight excluding hydrogens is 320 g/mol. The normalized spacial score (nSPS) is 19.8. The van der Waals surface area contributed by atoms with Crippen molar-refractivity contribution >= 4 is 17.4 Å². The Morgan fingerprint density at radius 1 is 1.17 bits per heavy atom. The highest BCUT2D eigenvalue weighted by molar-refractivity contribution is 6.30. The van der Waals surface area contributed by atoms with E-state index in [4.69, 9.17) is 21.3 Å². The van der Waals surface area contributed by atoms with Crippen LogP contribution in [0.2, 0.25) is 5.02 Å². The molecule has 2 aromatic carbocycles. The van der Waals surface area contributed by atoms with Gasteiger partial charge in [-0.3, -0.25) is 4.99 Å². The molecule has 0 fully saturated rings. The van der Waals surface area contributed by atoms with Gasteiger partial charge in [0.25, 0.3) is 0 Å². The first kappa shape index (κ1) is 15.5. The molecule has 0 radical (unpaired) electrons. The minimum Gasteiger partial charge on any atom is -0.497 e. The third-order valence-electron chi connectivity index (χ3n) is 4.94. The molecule has 2 heterocycles. The molecule has 0 N–H and O–H groups in total. The van der Waals surface area contributed by atoms with Crippen LogP contribution in [0.5, 0.6) is 5.75 Å². The highest BCUT2D eigenvalue weighted by Crippen LogP contribution is 2.36. The van der Waals surface area contributed by atoms with Gasteiger partial charge in [0.2, 0.25) is 0 Å². The van der Waals surface area contributed by atoms with E-state index < -0.39 is 0 Å². The van der Waals surface area contributed by atoms with E-state index in [1.54, 1.807) is 7.11 Å². The average molecular weight is 341 g/mol. The lowest BCUT2D eigenvalue weighted by Crippen LogP contribution is -2.39. The SMILES string of the molecule is COc1ccc2c(c1)C(c1cccc(Cl)c1)C1=NCCCN1CC2. The summed E-state index contributed by atoms with van der Waals surface area (Å²) in [6.45, 7) is 3.01. The van der Waals surface area contributed by atoms with E-state index in [1.807, 2.05) is 12.1 Å². The number of fused-ring (bicyclic) bond motifs is 2. The van der Waals surface area contributed by atoms with Crippen LogP contribution in [0.25, 0.3) is 0 Å². The van der Waals surface area contributed by atoms with Gasteiger partial charge in [-0.1, -0.05) is 29.8 Å². The lowest BCUT2D eigenvalue weighted by Gasteiger charge is -2.32. The molecule has 0 spiro atoms. The predicted molar refractivity (Wildman–Crippen MR) is 98.5 cm³/mol. The van der Waals surface area contributed by atoms with Crippen molar-refractivity contribution in [2.45, 2.75) is 18.8 Å². The zero-order valence-corrected chi connectivity index (χ0v) is 14.6. The summed E-state index contributed by atoms with van der Waals surface area (Å²) < 4.78 is 5.49. The van der Waals surface area contributed by atoms with Crippen LogP contribution in [0, 0.1) is 0 Å². The monoisotopic (exact) mass is 340 g/mol. The van der Waals surface area contributed by atoms with E-state index >= 15 is 0 Å². The van der Waals surface area contributed by atoms with Crippen LogP contribution in [-0.4, -0.2) is 37.5 Å². The number of nitrogens with zero attached hydrogens (tertiary/aromatic N) is 2. The van der Waals surface area contributed by atoms with Crippen molar-refractivity contribution in [2.75, 3.05) is 26.7 Å². The fourth-order valence-corrected chi connectivity index (χ4v) is 3.97. The summed E-state index contributed by atoms with van der Waals surface area (Å²) in [4.78, 5) is 7.36. The molecule has 0 aromatic heterocycles. The molecule has 4 heteroatoms. The van der Waals surface area contributed by atoms with Gasteiger partial charge < -0.3 is 9.64 Å². The quantitative estimate of drug-likeness (QED) is 0.820. The number of ether oxygens (including phenoxy) is 1. The molecule has 0 amide bonds. The molecule has 124 valence electrons. The van der Waals surface area contributed by atoms with Crippen LogP contribution < -0.4 is 4.74 Å². The van der Waals surface area contributed by atoms with Gasteiger partial charge in [-0.15, -0.1) is 0 Å². The van der Waals surface area contributed by atoms with Gasteiger partial charge in [0.05, 0.1) is 13.0 Å². The van der Waals surface area contributed by atoms with Crippen LogP contribution in [-0.2, 0) is 6.42 Å². The Morgan fingerprint density at radius 3 is 2.92 bits per heavy atom. The predicted octanol–water partition coefficient (Wildman–Crippen LogP) is 4.14. The highest BCUT2D eigenvalue weighted by atomic mass is 35.5. The number of rotatable bonds is 2. The number of hydrogen-bond acceptors (Lipinski definition) is 3. The molecule has 24 heavy (non-hydrogen) atoms. The Labute approximate surface area is 147 Å². The fraction of sp³-hybridized carbons (Fsp3) is 0.350. The maximum atomic E-state index is 6.29. The minimum atomic E-state index is 0.122. The van der Waals surface area contributed by atoms with Gasteiger partial charge in [-0.05, 0) is 53.8 Å². The summed E-state index contributed by atoms with van der Waals surface area (Å²) in [7, 11) is 1.72. The maximum Gasteiger partial charge on any atom is 0.119 e. The summed E-state index contributed by atoms with van der Waals surface area (Å²) in [5.41, 5.74) is 3.86. The van der Waals surface area contributed by atoms with Crippen molar-refractivity contribution in [3.05, 3.63) is 64.2 Å². The molecule has 2 aromatic rings. The minimum absolute atomic E-state index is 0.122. The third kappa shape index (κ3) is 2.78. The second kappa shape index (κ2) is 6.48. The van der Waals surface area contributed by atoms with E-state index in [0.29, 0.717) is 0 Å². The molecule has 0 aliphatic carbocycles. The van der Waals surface area contributed by atoms with Crippen molar-refractivity contribution in [1.29, 1.82) is 0 Å². The van der Waals surface area contributed by atoms with E-state index in [2.05, 4.69) is 35.2 Å². The second-order valence-corrected chi connectivity index (χ2v) is 6.82. The molecule has 4 rings (SSSR count). The van der Waals surface area contributed by atoms with Crippen LogP contribution in [0.4, 0.5) is 0 Å². The van der Waals surface area contributed by atoms with E-state index in [9.17, 15) is 0 Å². The molecule has 0 bridgehead atoms. The van der Waals surface area contributed by atoms with Gasteiger partial charge in [-0.25, -0.2) is 0 Å². The number of hydrogen-bond donors (Lipinski definition) is 0. The lowest BCUT2D eigenvalue weighted by atomic mass is 9.86. The molecule has 2 aliphatic heterocycles. The van der Waals surface area contributed by atoms with Gasteiger partial charge >= 0.3 is 0 Å². The van der Waals surface area contributed by atoms with Gasteiger partial charge in [0.1, 0.15) is 11.6 Å². The first-order chi connectivity index (χ1) is 11.8. The molecule has 3 nitrogen and oxygen atoms in total. The first-order valence-electron chi connectivity index (χ1n) is 8.48. The highest BCUT2D eigenvalue weighted by Gasteiger charge is 2.31. The zero-order valence-electron chi connectivity index (χ0n) is 13.8. The summed E-state index contributed by atoms with van der Waals surface area (Å²) in [5.74, 6) is 2.19. The van der Waals surface area contributed by atoms with E-state index in [-0.39, 0.29) is 5.92 Å². The van der Waals surface area contributed by atoms with Crippen LogP contribution >= 0.6 is 11.6 Å². The summed E-state index contributed by atoms with van der Waals surface area (Å²) in [5, 5.41) is 0.768. The topological polar surface area (TPSA) is 24.8 Å². The second-order valence-electron chi connectivity index (χ2n) is 6.38. The first-order valence-corrected chi connectivity index (χ1v) is 8.85. The van der Waals surface area contributed by atoms with Gasteiger partial charge in [-0.2, -0.15) is 0 Å². The standard InChI is InChI=1S/C20H21ClN2O/c1-24-17-7-6-14-8-11-23-10-3-9-22-20(23)19(18(14)13-17)15-4-2-5-16(21)12-15/h2,4-7,12-13,19H,3,8-11H2,1H3. The van der Waals surface area contributed by atoms with E-state index in [1.165, 1.54) is 22.5 Å². The number of amidine groups is 1. The van der Waals surface area contributed by atoms with Gasteiger partial charge in [0.15, 0.2) is 0 Å². The van der Waals surface area contributed by atoms with Crippen molar-refractivity contribution in [1.82, 2.24) is 4.90 Å². The number of halogens is 1. The zero-order chi connectivity index (χ0) is 16.5. The molecule has 0 saturated heterocycles. The molecule has 1 unspecified atom stereocenters. The van der Waals surface area contributed by atoms with Crippen LogP contribution in [0.15, 0.2) is 47.5 Å². The Bertz CT molecular complexity index is 787. The van der Waals surface area contributed by atoms with Gasteiger partial charge in [0, 0.05) is 24.7 Å². The fourth-order valence-electron chi connectivity index (χ4n) is 3.78. The Hall–Kier alpha value is -2.00. The van der Waals surface area contributed by atoms with Crippen molar-refractivity contribution in [3.63, 3.8) is 0 Å². The molecular formula is C20H21ClN2O. The molecule has 0 saturated carbocycles. The average Bonchev–Trinajstić information content (AvgIpc) is 2.77. The number of methoxy groups -OCH3 is 1.